The summed E-state index contributed by atoms with van der Waals surface area (Å²) in [6, 6.07) is 7.20. The monoisotopic (exact) mass is 282 g/mol. The van der Waals surface area contributed by atoms with E-state index in [0.29, 0.717) is 28.7 Å². The summed E-state index contributed by atoms with van der Waals surface area (Å²) in [6.45, 7) is 2.54. The molecular formula is C13H12Cl2N2O. The molecular weight excluding hydrogens is 271 g/mol. The van der Waals surface area contributed by atoms with E-state index >= 15 is 0 Å². The largest absolute Gasteiger partial charge is 0.292 e. The Hall–Kier alpha value is -1.32. The van der Waals surface area contributed by atoms with Gasteiger partial charge in [-0.05, 0) is 24.6 Å². The molecule has 0 unspecified atom stereocenters. The Bertz CT molecular complexity index is 561. The van der Waals surface area contributed by atoms with Crippen LogP contribution in [0.1, 0.15) is 23.0 Å². The van der Waals surface area contributed by atoms with Gasteiger partial charge in [-0.25, -0.2) is 0 Å². The maximum Gasteiger partial charge on any atom is 0.186 e. The molecule has 18 heavy (non-hydrogen) atoms. The number of hydrogen-bond donors (Lipinski definition) is 0. The van der Waals surface area contributed by atoms with E-state index in [-0.39, 0.29) is 5.78 Å². The highest BCUT2D eigenvalue weighted by atomic mass is 35.5. The Morgan fingerprint density at radius 2 is 1.94 bits per heavy atom. The molecule has 2 aromatic rings. The third-order valence-corrected chi connectivity index (χ3v) is 3.16. The van der Waals surface area contributed by atoms with Gasteiger partial charge >= 0.3 is 0 Å². The SMILES string of the molecule is CCn1ncc(Cl)c1C(=O)Cc1ccc(Cl)cc1. The molecule has 2 rings (SSSR count). The van der Waals surface area contributed by atoms with Gasteiger partial charge in [-0.15, -0.1) is 0 Å². The van der Waals surface area contributed by atoms with E-state index in [0.717, 1.165) is 5.56 Å². The van der Waals surface area contributed by atoms with Gasteiger partial charge in [0.15, 0.2) is 5.78 Å². The molecule has 0 aliphatic heterocycles. The fourth-order valence-corrected chi connectivity index (χ4v) is 2.12. The molecule has 0 atom stereocenters. The highest BCUT2D eigenvalue weighted by molar-refractivity contribution is 6.33. The average molecular weight is 283 g/mol. The number of aromatic nitrogens is 2. The number of rotatable bonds is 4. The quantitative estimate of drug-likeness (QED) is 0.803. The molecule has 0 spiro atoms. The van der Waals surface area contributed by atoms with Crippen LogP contribution in [0.3, 0.4) is 0 Å². The van der Waals surface area contributed by atoms with Gasteiger partial charge in [-0.1, -0.05) is 35.3 Å². The Morgan fingerprint density at radius 1 is 1.28 bits per heavy atom. The van der Waals surface area contributed by atoms with Crippen LogP contribution in [-0.2, 0) is 13.0 Å². The van der Waals surface area contributed by atoms with Crippen molar-refractivity contribution in [1.29, 1.82) is 0 Å². The maximum atomic E-state index is 12.2. The molecule has 94 valence electrons. The number of nitrogens with zero attached hydrogens (tertiary/aromatic N) is 2. The normalized spacial score (nSPS) is 10.6. The molecule has 1 aromatic heterocycles. The highest BCUT2D eigenvalue weighted by Crippen LogP contribution is 2.18. The molecule has 5 heteroatoms. The van der Waals surface area contributed by atoms with Crippen molar-refractivity contribution < 1.29 is 4.79 Å². The first kappa shape index (κ1) is 13.1. The topological polar surface area (TPSA) is 34.9 Å². The Kier molecular flexibility index (Phi) is 4.04. The van der Waals surface area contributed by atoms with Gasteiger partial charge in [0, 0.05) is 18.0 Å². The first-order chi connectivity index (χ1) is 8.61. The van der Waals surface area contributed by atoms with Gasteiger partial charge < -0.3 is 0 Å². The fourth-order valence-electron chi connectivity index (χ4n) is 1.75. The summed E-state index contributed by atoms with van der Waals surface area (Å²) in [5.41, 5.74) is 1.37. The van der Waals surface area contributed by atoms with Gasteiger partial charge in [0.2, 0.25) is 0 Å². The van der Waals surface area contributed by atoms with E-state index in [1.54, 1.807) is 16.8 Å². The van der Waals surface area contributed by atoms with Crippen molar-refractivity contribution in [2.75, 3.05) is 0 Å². The lowest BCUT2D eigenvalue weighted by Crippen LogP contribution is -2.12. The summed E-state index contributed by atoms with van der Waals surface area (Å²) in [7, 11) is 0. The minimum Gasteiger partial charge on any atom is -0.292 e. The predicted molar refractivity (Wildman–Crippen MR) is 72.4 cm³/mol. The van der Waals surface area contributed by atoms with Crippen LogP contribution in [0.4, 0.5) is 0 Å². The van der Waals surface area contributed by atoms with E-state index in [4.69, 9.17) is 23.2 Å². The van der Waals surface area contributed by atoms with Crippen molar-refractivity contribution in [2.24, 2.45) is 0 Å². The molecule has 0 N–H and O–H groups in total. The van der Waals surface area contributed by atoms with Crippen LogP contribution in [0.25, 0.3) is 0 Å². The third-order valence-electron chi connectivity index (χ3n) is 2.64. The van der Waals surface area contributed by atoms with Gasteiger partial charge in [0.05, 0.1) is 11.2 Å². The standard InChI is InChI=1S/C13H12Cl2N2O/c1-2-17-13(11(15)8-16-17)12(18)7-9-3-5-10(14)6-4-9/h3-6,8H,2,7H2,1H3. The van der Waals surface area contributed by atoms with Gasteiger partial charge in [-0.3, -0.25) is 9.48 Å². The molecule has 0 aliphatic carbocycles. The molecule has 0 fully saturated rings. The van der Waals surface area contributed by atoms with E-state index in [1.165, 1.54) is 6.20 Å². The fraction of sp³-hybridized carbons (Fsp3) is 0.231. The van der Waals surface area contributed by atoms with Crippen molar-refractivity contribution in [1.82, 2.24) is 9.78 Å². The van der Waals surface area contributed by atoms with Crippen LogP contribution in [0.15, 0.2) is 30.5 Å². The lowest BCUT2D eigenvalue weighted by molar-refractivity contribution is 0.0983. The second-order valence-electron chi connectivity index (χ2n) is 3.88. The summed E-state index contributed by atoms with van der Waals surface area (Å²) >= 11 is 11.8. The molecule has 0 amide bonds. The van der Waals surface area contributed by atoms with Crippen LogP contribution < -0.4 is 0 Å². The summed E-state index contributed by atoms with van der Waals surface area (Å²) in [4.78, 5) is 12.2. The molecule has 0 radical (unpaired) electrons. The second-order valence-corrected chi connectivity index (χ2v) is 4.73. The Morgan fingerprint density at radius 3 is 2.56 bits per heavy atom. The van der Waals surface area contributed by atoms with Crippen LogP contribution in [-0.4, -0.2) is 15.6 Å². The number of ketones is 1. The number of Topliss-reactive ketones (excluding diaryl/α,β-unsaturated/α-hetero) is 1. The van der Waals surface area contributed by atoms with Crippen LogP contribution >= 0.6 is 23.2 Å². The van der Waals surface area contributed by atoms with Gasteiger partial charge in [0.1, 0.15) is 5.69 Å². The van der Waals surface area contributed by atoms with E-state index < -0.39 is 0 Å². The number of carbonyl (C=O) groups is 1. The number of aryl methyl sites for hydroxylation is 1. The Labute approximate surface area is 115 Å². The zero-order valence-corrected chi connectivity index (χ0v) is 11.4. The molecule has 0 bridgehead atoms. The number of halogens is 2. The predicted octanol–water partition coefficient (Wildman–Crippen LogP) is 3.64. The number of hydrogen-bond acceptors (Lipinski definition) is 2. The van der Waals surface area contributed by atoms with Crippen molar-refractivity contribution in [3.8, 4) is 0 Å². The molecule has 1 heterocycles. The second kappa shape index (κ2) is 5.55. The van der Waals surface area contributed by atoms with Crippen molar-refractivity contribution >= 4 is 29.0 Å². The summed E-state index contributed by atoms with van der Waals surface area (Å²) in [5, 5.41) is 5.11. The van der Waals surface area contributed by atoms with Crippen LogP contribution in [0.5, 0.6) is 0 Å². The zero-order valence-electron chi connectivity index (χ0n) is 9.86. The van der Waals surface area contributed by atoms with E-state index in [1.807, 2.05) is 19.1 Å². The lowest BCUT2D eigenvalue weighted by atomic mass is 10.1. The van der Waals surface area contributed by atoms with Crippen molar-refractivity contribution in [3.05, 3.63) is 51.8 Å². The third kappa shape index (κ3) is 2.74. The number of benzene rings is 1. The van der Waals surface area contributed by atoms with Crippen LogP contribution in [0.2, 0.25) is 10.0 Å². The maximum absolute atomic E-state index is 12.2. The summed E-state index contributed by atoms with van der Waals surface area (Å²) in [5.74, 6) is -0.0401. The molecule has 0 saturated carbocycles. The smallest absolute Gasteiger partial charge is 0.186 e. The van der Waals surface area contributed by atoms with Crippen molar-refractivity contribution in [3.63, 3.8) is 0 Å². The van der Waals surface area contributed by atoms with Gasteiger partial charge in [-0.2, -0.15) is 5.10 Å². The summed E-state index contributed by atoms with van der Waals surface area (Å²) in [6.07, 6.45) is 1.79. The summed E-state index contributed by atoms with van der Waals surface area (Å²) < 4.78 is 1.61. The average Bonchev–Trinajstić information content (AvgIpc) is 2.73. The highest BCUT2D eigenvalue weighted by Gasteiger charge is 2.16. The molecule has 0 aliphatic rings. The van der Waals surface area contributed by atoms with Gasteiger partial charge in [0.25, 0.3) is 0 Å². The molecule has 0 saturated heterocycles. The molecule has 3 nitrogen and oxygen atoms in total. The number of carbonyl (C=O) groups excluding carboxylic acids is 1. The van der Waals surface area contributed by atoms with Crippen LogP contribution in [0, 0.1) is 0 Å². The van der Waals surface area contributed by atoms with Crippen molar-refractivity contribution in [2.45, 2.75) is 19.9 Å². The first-order valence-corrected chi connectivity index (χ1v) is 6.36. The minimum absolute atomic E-state index is 0.0401. The Balaban J connectivity index is 2.21. The zero-order chi connectivity index (χ0) is 13.1. The van der Waals surface area contributed by atoms with E-state index in [9.17, 15) is 4.79 Å². The minimum atomic E-state index is -0.0401. The molecule has 1 aromatic carbocycles. The first-order valence-electron chi connectivity index (χ1n) is 5.60. The lowest BCUT2D eigenvalue weighted by Gasteiger charge is -2.05. The van der Waals surface area contributed by atoms with E-state index in [2.05, 4.69) is 5.10 Å².